The third-order valence-corrected chi connectivity index (χ3v) is 4.94. The van der Waals surface area contributed by atoms with Crippen LogP contribution in [0, 0.1) is 6.92 Å². The molecule has 2 aromatic heterocycles. The van der Waals surface area contributed by atoms with Gasteiger partial charge < -0.3 is 5.32 Å². The molecule has 1 atom stereocenters. The number of pyridine rings is 1. The molecule has 0 saturated heterocycles. The molecular weight excluding hydrogens is 308 g/mol. The van der Waals surface area contributed by atoms with Crippen molar-refractivity contribution in [3.05, 3.63) is 66.2 Å². The summed E-state index contributed by atoms with van der Waals surface area (Å²) >= 11 is 0. The van der Waals surface area contributed by atoms with E-state index in [0.29, 0.717) is 10.9 Å². The van der Waals surface area contributed by atoms with Gasteiger partial charge in [-0.3, -0.25) is 13.8 Å². The van der Waals surface area contributed by atoms with Crippen molar-refractivity contribution in [3.63, 3.8) is 0 Å². The Morgan fingerprint density at radius 3 is 2.83 bits per heavy atom. The summed E-state index contributed by atoms with van der Waals surface area (Å²) in [7, 11) is 0.611. The van der Waals surface area contributed by atoms with Crippen LogP contribution in [0.5, 0.6) is 0 Å². The molecule has 0 bridgehead atoms. The molecule has 0 aliphatic heterocycles. The Labute approximate surface area is 137 Å². The molecule has 1 N–H and O–H groups in total. The van der Waals surface area contributed by atoms with Crippen molar-refractivity contribution in [2.45, 2.75) is 17.8 Å². The van der Waals surface area contributed by atoms with Crippen molar-refractivity contribution in [2.75, 3.05) is 12.4 Å². The van der Waals surface area contributed by atoms with Gasteiger partial charge >= 0.3 is 0 Å². The van der Waals surface area contributed by atoms with Gasteiger partial charge in [0.05, 0.1) is 28.4 Å². The molecule has 5 nitrogen and oxygen atoms in total. The Morgan fingerprint density at radius 1 is 1.22 bits per heavy atom. The summed E-state index contributed by atoms with van der Waals surface area (Å²) in [4.78, 5) is 8.46. The van der Waals surface area contributed by atoms with Gasteiger partial charge in [-0.15, -0.1) is 0 Å². The van der Waals surface area contributed by atoms with E-state index in [4.69, 9.17) is 0 Å². The van der Waals surface area contributed by atoms with Crippen LogP contribution < -0.4 is 5.32 Å². The standard InChI is InChI=1S/C17H18N4OS/c1-13-7-8-19-11-16(13)21-10-9-20-17(21)23(22)12-14-5-3-4-6-15(14)18-2/h3-11,18H,12H2,1-2H3. The normalized spacial score (nSPS) is 12.1. The summed E-state index contributed by atoms with van der Waals surface area (Å²) in [5.41, 5.74) is 3.95. The van der Waals surface area contributed by atoms with Gasteiger partial charge in [-0.05, 0) is 30.2 Å². The molecule has 118 valence electrons. The second-order valence-corrected chi connectivity index (χ2v) is 6.48. The summed E-state index contributed by atoms with van der Waals surface area (Å²) in [5, 5.41) is 3.66. The number of benzene rings is 1. The Hall–Kier alpha value is -2.47. The van der Waals surface area contributed by atoms with Gasteiger partial charge in [0.2, 0.25) is 5.16 Å². The predicted molar refractivity (Wildman–Crippen MR) is 92.2 cm³/mol. The maximum atomic E-state index is 12.8. The second-order valence-electron chi connectivity index (χ2n) is 5.14. The fourth-order valence-corrected chi connectivity index (χ4v) is 3.67. The molecule has 0 aliphatic carbocycles. The van der Waals surface area contributed by atoms with E-state index >= 15 is 0 Å². The molecule has 2 heterocycles. The van der Waals surface area contributed by atoms with Crippen molar-refractivity contribution >= 4 is 16.5 Å². The second kappa shape index (κ2) is 6.75. The van der Waals surface area contributed by atoms with E-state index in [1.807, 2.05) is 55.1 Å². The molecule has 0 spiro atoms. The van der Waals surface area contributed by atoms with Crippen LogP contribution >= 0.6 is 0 Å². The van der Waals surface area contributed by atoms with Crippen molar-refractivity contribution < 1.29 is 4.21 Å². The minimum absolute atomic E-state index is 0.410. The molecule has 0 aliphatic rings. The Morgan fingerprint density at radius 2 is 2.04 bits per heavy atom. The van der Waals surface area contributed by atoms with Gasteiger partial charge in [-0.25, -0.2) is 4.98 Å². The lowest BCUT2D eigenvalue weighted by atomic mass is 10.2. The van der Waals surface area contributed by atoms with Crippen LogP contribution in [0.1, 0.15) is 11.1 Å². The van der Waals surface area contributed by atoms with Gasteiger partial charge in [0.15, 0.2) is 0 Å². The molecule has 3 rings (SSSR count). The Balaban J connectivity index is 1.93. The molecule has 1 aromatic carbocycles. The molecule has 6 heteroatoms. The zero-order valence-corrected chi connectivity index (χ0v) is 13.9. The highest BCUT2D eigenvalue weighted by Crippen LogP contribution is 2.21. The number of nitrogens with zero attached hydrogens (tertiary/aromatic N) is 3. The maximum Gasteiger partial charge on any atom is 0.203 e. The highest BCUT2D eigenvalue weighted by atomic mass is 32.2. The largest absolute Gasteiger partial charge is 0.388 e. The third-order valence-electron chi connectivity index (χ3n) is 3.65. The van der Waals surface area contributed by atoms with Crippen LogP contribution in [0.15, 0.2) is 60.3 Å². The lowest BCUT2D eigenvalue weighted by Crippen LogP contribution is -2.08. The monoisotopic (exact) mass is 326 g/mol. The van der Waals surface area contributed by atoms with E-state index in [1.54, 1.807) is 18.6 Å². The molecule has 3 aromatic rings. The van der Waals surface area contributed by atoms with Crippen LogP contribution in [0.4, 0.5) is 5.69 Å². The van der Waals surface area contributed by atoms with Gasteiger partial charge in [0.1, 0.15) is 0 Å². The van der Waals surface area contributed by atoms with E-state index in [0.717, 1.165) is 22.5 Å². The lowest BCUT2D eigenvalue weighted by Gasteiger charge is -2.11. The predicted octanol–water partition coefficient (Wildman–Crippen LogP) is 2.93. The number of nitrogens with one attached hydrogen (secondary N) is 1. The molecule has 1 unspecified atom stereocenters. The third kappa shape index (κ3) is 3.17. The topological polar surface area (TPSA) is 59.8 Å². The minimum atomic E-state index is -1.25. The number of aryl methyl sites for hydroxylation is 1. The molecule has 0 fully saturated rings. The van der Waals surface area contributed by atoms with Gasteiger partial charge in [0, 0.05) is 31.3 Å². The minimum Gasteiger partial charge on any atom is -0.388 e. The van der Waals surface area contributed by atoms with Crippen LogP contribution in [0.25, 0.3) is 5.69 Å². The van der Waals surface area contributed by atoms with E-state index in [2.05, 4.69) is 15.3 Å². The van der Waals surface area contributed by atoms with Crippen LogP contribution in [-0.2, 0) is 16.6 Å². The van der Waals surface area contributed by atoms with Crippen LogP contribution in [0.3, 0.4) is 0 Å². The molecule has 0 radical (unpaired) electrons. The number of para-hydroxylation sites is 1. The Kier molecular flexibility index (Phi) is 4.52. The van der Waals surface area contributed by atoms with E-state index in [9.17, 15) is 4.21 Å². The van der Waals surface area contributed by atoms with Crippen molar-refractivity contribution in [2.24, 2.45) is 0 Å². The van der Waals surface area contributed by atoms with Gasteiger partial charge in [-0.1, -0.05) is 18.2 Å². The summed E-state index contributed by atoms with van der Waals surface area (Å²) in [6, 6.07) is 9.79. The SMILES string of the molecule is CNc1ccccc1CS(=O)c1nccn1-c1cnccc1C. The number of anilines is 1. The van der Waals surface area contributed by atoms with Gasteiger partial charge in [0.25, 0.3) is 0 Å². The zero-order valence-electron chi connectivity index (χ0n) is 13.1. The summed E-state index contributed by atoms with van der Waals surface area (Å²) in [6.45, 7) is 2.00. The first-order valence-corrected chi connectivity index (χ1v) is 8.61. The maximum absolute atomic E-state index is 12.8. The first-order chi connectivity index (χ1) is 11.2. The fourth-order valence-electron chi connectivity index (χ4n) is 2.45. The number of aromatic nitrogens is 3. The zero-order chi connectivity index (χ0) is 16.2. The van der Waals surface area contributed by atoms with E-state index in [1.165, 1.54) is 0 Å². The number of rotatable bonds is 5. The fraction of sp³-hybridized carbons (Fsp3) is 0.176. The number of hydrogen-bond acceptors (Lipinski definition) is 4. The highest BCUT2D eigenvalue weighted by molar-refractivity contribution is 7.84. The van der Waals surface area contributed by atoms with E-state index < -0.39 is 10.8 Å². The quantitative estimate of drug-likeness (QED) is 0.783. The Bertz CT molecular complexity index is 844. The molecular formula is C17H18N4OS. The lowest BCUT2D eigenvalue weighted by molar-refractivity contribution is 0.672. The molecule has 23 heavy (non-hydrogen) atoms. The number of hydrogen-bond donors (Lipinski definition) is 1. The highest BCUT2D eigenvalue weighted by Gasteiger charge is 2.15. The summed E-state index contributed by atoms with van der Waals surface area (Å²) in [5.74, 6) is 0.410. The number of imidazole rings is 1. The molecule has 0 amide bonds. The van der Waals surface area contributed by atoms with Crippen LogP contribution in [-0.4, -0.2) is 25.8 Å². The van der Waals surface area contributed by atoms with Crippen molar-refractivity contribution in [3.8, 4) is 5.69 Å². The van der Waals surface area contributed by atoms with Crippen molar-refractivity contribution in [1.29, 1.82) is 0 Å². The van der Waals surface area contributed by atoms with Crippen molar-refractivity contribution in [1.82, 2.24) is 14.5 Å². The summed E-state index contributed by atoms with van der Waals surface area (Å²) < 4.78 is 14.7. The average molecular weight is 326 g/mol. The average Bonchev–Trinajstić information content (AvgIpc) is 3.05. The van der Waals surface area contributed by atoms with Gasteiger partial charge in [-0.2, -0.15) is 0 Å². The molecule has 0 saturated carbocycles. The first kappa shape index (κ1) is 15.4. The van der Waals surface area contributed by atoms with E-state index in [-0.39, 0.29) is 0 Å². The summed E-state index contributed by atoms with van der Waals surface area (Å²) in [6.07, 6.45) is 7.00. The first-order valence-electron chi connectivity index (χ1n) is 7.29. The smallest absolute Gasteiger partial charge is 0.203 e. The van der Waals surface area contributed by atoms with Crippen LogP contribution in [0.2, 0.25) is 0 Å².